The molecule has 0 bridgehead atoms. The zero-order valence-corrected chi connectivity index (χ0v) is 18.1. The van der Waals surface area contributed by atoms with Gasteiger partial charge < -0.3 is 27.0 Å². The molecule has 6 N–H and O–H groups in total. The molecule has 162 valence electrons. The lowest BCUT2D eigenvalue weighted by Crippen LogP contribution is -2.40. The number of rotatable bonds is 20. The molecule has 1 atom stereocenters. The lowest BCUT2D eigenvalue weighted by molar-refractivity contribution is -0.122. The van der Waals surface area contributed by atoms with E-state index in [-0.39, 0.29) is 11.9 Å². The van der Waals surface area contributed by atoms with Gasteiger partial charge in [0.2, 0.25) is 5.91 Å². The summed E-state index contributed by atoms with van der Waals surface area (Å²) < 4.78 is 0. The molecule has 0 spiro atoms. The molecular formula is C21H47N5O. The Morgan fingerprint density at radius 1 is 0.889 bits per heavy atom. The second kappa shape index (κ2) is 20.1. The number of nitrogens with one attached hydrogen (secondary N) is 2. The summed E-state index contributed by atoms with van der Waals surface area (Å²) in [6.45, 7) is 9.84. The number of nitrogens with two attached hydrogens (primary N) is 2. The summed E-state index contributed by atoms with van der Waals surface area (Å²) in [5, 5.41) is 6.43. The van der Waals surface area contributed by atoms with Crippen LogP contribution in [0, 0.1) is 0 Å². The molecule has 0 aliphatic heterocycles. The number of unbranched alkanes of at least 4 members (excludes halogenated alkanes) is 7. The molecule has 0 aromatic rings. The highest BCUT2D eigenvalue weighted by atomic mass is 16.1. The Hall–Kier alpha value is -0.690. The van der Waals surface area contributed by atoms with Crippen LogP contribution in [0.5, 0.6) is 0 Å². The van der Waals surface area contributed by atoms with Crippen molar-refractivity contribution in [1.82, 2.24) is 15.5 Å². The van der Waals surface area contributed by atoms with Gasteiger partial charge >= 0.3 is 0 Å². The van der Waals surface area contributed by atoms with Gasteiger partial charge in [0.1, 0.15) is 0 Å². The van der Waals surface area contributed by atoms with Gasteiger partial charge in [0.05, 0.1) is 0 Å². The molecule has 27 heavy (non-hydrogen) atoms. The summed E-state index contributed by atoms with van der Waals surface area (Å²) in [4.78, 5) is 14.4. The first kappa shape index (κ1) is 26.3. The predicted molar refractivity (Wildman–Crippen MR) is 117 cm³/mol. The monoisotopic (exact) mass is 385 g/mol. The summed E-state index contributed by atoms with van der Waals surface area (Å²) in [5.74, 6) is 0.152. The Morgan fingerprint density at radius 3 is 2.19 bits per heavy atom. The van der Waals surface area contributed by atoms with Gasteiger partial charge in [-0.3, -0.25) is 4.79 Å². The van der Waals surface area contributed by atoms with E-state index in [2.05, 4.69) is 29.4 Å². The third-order valence-electron chi connectivity index (χ3n) is 4.92. The number of amides is 1. The molecule has 0 rings (SSSR count). The van der Waals surface area contributed by atoms with E-state index in [9.17, 15) is 4.79 Å². The fraction of sp³-hybridized carbons (Fsp3) is 0.952. The second-order valence-corrected chi connectivity index (χ2v) is 7.65. The van der Waals surface area contributed by atoms with Crippen LogP contribution in [0.3, 0.4) is 0 Å². The van der Waals surface area contributed by atoms with Crippen LogP contribution in [-0.2, 0) is 4.79 Å². The highest BCUT2D eigenvalue weighted by Gasteiger charge is 2.10. The average molecular weight is 386 g/mol. The van der Waals surface area contributed by atoms with Gasteiger partial charge in [0.25, 0.3) is 0 Å². The van der Waals surface area contributed by atoms with Crippen molar-refractivity contribution in [1.29, 1.82) is 0 Å². The van der Waals surface area contributed by atoms with E-state index < -0.39 is 0 Å². The zero-order valence-electron chi connectivity index (χ0n) is 18.1. The SMILES string of the molecule is CCCCCCCCCCC(C)NC(=O)CCN(CCN)CCNCCN. The smallest absolute Gasteiger partial charge is 0.221 e. The van der Waals surface area contributed by atoms with Crippen molar-refractivity contribution < 1.29 is 4.79 Å². The van der Waals surface area contributed by atoms with E-state index in [1.54, 1.807) is 0 Å². The minimum Gasteiger partial charge on any atom is -0.354 e. The third-order valence-corrected chi connectivity index (χ3v) is 4.92. The van der Waals surface area contributed by atoms with Crippen molar-refractivity contribution in [3.05, 3.63) is 0 Å². The van der Waals surface area contributed by atoms with Crippen LogP contribution >= 0.6 is 0 Å². The molecule has 0 saturated heterocycles. The number of carbonyl (C=O) groups excluding carboxylic acids is 1. The third kappa shape index (κ3) is 18.4. The fourth-order valence-electron chi connectivity index (χ4n) is 3.25. The maximum absolute atomic E-state index is 12.2. The molecule has 0 aliphatic carbocycles. The number of hydrogen-bond donors (Lipinski definition) is 4. The molecule has 1 unspecified atom stereocenters. The van der Waals surface area contributed by atoms with Crippen LogP contribution in [-0.4, -0.2) is 62.7 Å². The van der Waals surface area contributed by atoms with Crippen molar-refractivity contribution in [3.63, 3.8) is 0 Å². The van der Waals surface area contributed by atoms with Gasteiger partial charge in [0.15, 0.2) is 0 Å². The normalized spacial score (nSPS) is 12.5. The molecule has 1 amide bonds. The number of carbonyl (C=O) groups is 1. The highest BCUT2D eigenvalue weighted by molar-refractivity contribution is 5.76. The predicted octanol–water partition coefficient (Wildman–Crippen LogP) is 2.22. The molecule has 6 nitrogen and oxygen atoms in total. The Kier molecular flexibility index (Phi) is 19.5. The zero-order chi connectivity index (χ0) is 20.2. The quantitative estimate of drug-likeness (QED) is 0.241. The molecule has 0 fully saturated rings. The van der Waals surface area contributed by atoms with Crippen LogP contribution in [0.1, 0.15) is 78.1 Å². The Labute approximate surface area is 168 Å². The number of hydrogen-bond acceptors (Lipinski definition) is 5. The summed E-state index contributed by atoms with van der Waals surface area (Å²) in [6.07, 6.45) is 12.2. The van der Waals surface area contributed by atoms with Gasteiger partial charge in [-0.05, 0) is 13.3 Å². The van der Waals surface area contributed by atoms with Crippen LogP contribution in [0.25, 0.3) is 0 Å². The molecule has 0 aliphatic rings. The van der Waals surface area contributed by atoms with Gasteiger partial charge in [-0.1, -0.05) is 58.3 Å². The fourth-order valence-corrected chi connectivity index (χ4v) is 3.25. The first-order chi connectivity index (χ1) is 13.1. The first-order valence-corrected chi connectivity index (χ1v) is 11.3. The van der Waals surface area contributed by atoms with Gasteiger partial charge in [-0.2, -0.15) is 0 Å². The van der Waals surface area contributed by atoms with E-state index in [0.29, 0.717) is 19.5 Å². The van der Waals surface area contributed by atoms with Crippen molar-refractivity contribution >= 4 is 5.91 Å². The van der Waals surface area contributed by atoms with Crippen molar-refractivity contribution in [2.75, 3.05) is 45.8 Å². The van der Waals surface area contributed by atoms with E-state index in [0.717, 1.165) is 39.1 Å². The van der Waals surface area contributed by atoms with Gasteiger partial charge in [-0.15, -0.1) is 0 Å². The molecule has 0 heterocycles. The second-order valence-electron chi connectivity index (χ2n) is 7.65. The van der Waals surface area contributed by atoms with Crippen LogP contribution < -0.4 is 22.1 Å². The van der Waals surface area contributed by atoms with Crippen molar-refractivity contribution in [2.24, 2.45) is 11.5 Å². The van der Waals surface area contributed by atoms with Crippen molar-refractivity contribution in [2.45, 2.75) is 84.1 Å². The van der Waals surface area contributed by atoms with Crippen LogP contribution in [0.15, 0.2) is 0 Å². The standard InChI is InChI=1S/C21H47N5O/c1-3-4-5-6-7-8-9-10-11-20(2)25-21(27)12-17-26(18-14-23)19-16-24-15-13-22/h20,24H,3-19,22-23H2,1-2H3,(H,25,27). The molecule has 6 heteroatoms. The average Bonchev–Trinajstić information content (AvgIpc) is 2.65. The van der Waals surface area contributed by atoms with E-state index in [4.69, 9.17) is 11.5 Å². The van der Waals surface area contributed by atoms with Crippen LogP contribution in [0.4, 0.5) is 0 Å². The highest BCUT2D eigenvalue weighted by Crippen LogP contribution is 2.10. The Balaban J connectivity index is 3.72. The molecule has 0 saturated carbocycles. The molecule has 0 aromatic carbocycles. The van der Waals surface area contributed by atoms with E-state index in [1.807, 2.05) is 0 Å². The number of nitrogens with zero attached hydrogens (tertiary/aromatic N) is 1. The minimum atomic E-state index is 0.152. The largest absolute Gasteiger partial charge is 0.354 e. The van der Waals surface area contributed by atoms with E-state index in [1.165, 1.54) is 51.4 Å². The summed E-state index contributed by atoms with van der Waals surface area (Å²) in [6, 6.07) is 0.270. The topological polar surface area (TPSA) is 96.4 Å². The van der Waals surface area contributed by atoms with Gasteiger partial charge in [0, 0.05) is 58.3 Å². The summed E-state index contributed by atoms with van der Waals surface area (Å²) in [5.41, 5.74) is 11.2. The molecule has 0 aromatic heterocycles. The lowest BCUT2D eigenvalue weighted by atomic mass is 10.1. The Morgan fingerprint density at radius 2 is 1.56 bits per heavy atom. The van der Waals surface area contributed by atoms with E-state index >= 15 is 0 Å². The lowest BCUT2D eigenvalue weighted by Gasteiger charge is -2.22. The first-order valence-electron chi connectivity index (χ1n) is 11.3. The maximum Gasteiger partial charge on any atom is 0.221 e. The summed E-state index contributed by atoms with van der Waals surface area (Å²) >= 11 is 0. The molecular weight excluding hydrogens is 338 g/mol. The van der Waals surface area contributed by atoms with Crippen molar-refractivity contribution in [3.8, 4) is 0 Å². The maximum atomic E-state index is 12.2. The van der Waals surface area contributed by atoms with Crippen LogP contribution in [0.2, 0.25) is 0 Å². The minimum absolute atomic E-state index is 0.152. The Bertz CT molecular complexity index is 328. The van der Waals surface area contributed by atoms with Gasteiger partial charge in [-0.25, -0.2) is 0 Å². The summed E-state index contributed by atoms with van der Waals surface area (Å²) in [7, 11) is 0. The molecule has 0 radical (unpaired) electrons.